The highest BCUT2D eigenvalue weighted by molar-refractivity contribution is 5.47. The van der Waals surface area contributed by atoms with E-state index < -0.39 is 0 Å². The molecule has 0 aromatic heterocycles. The van der Waals surface area contributed by atoms with Crippen LogP contribution in [-0.4, -0.2) is 0 Å². The third-order valence-corrected chi connectivity index (χ3v) is 3.27. The minimum Gasteiger partial charge on any atom is -0.0991 e. The molecule has 0 aliphatic heterocycles. The highest BCUT2D eigenvalue weighted by Gasteiger charge is 2.17. The quantitative estimate of drug-likeness (QED) is 0.362. The summed E-state index contributed by atoms with van der Waals surface area (Å²) in [4.78, 5) is 0. The van der Waals surface area contributed by atoms with Gasteiger partial charge in [-0.2, -0.15) is 0 Å². The average molecular weight is 355 g/mol. The lowest BCUT2D eigenvalue weighted by Crippen LogP contribution is -2.08. The maximum atomic E-state index is 4.00. The van der Waals surface area contributed by atoms with E-state index in [2.05, 4.69) is 75.6 Å². The monoisotopic (exact) mass is 354 g/mol. The third kappa shape index (κ3) is 12.3. The van der Waals surface area contributed by atoms with E-state index in [-0.39, 0.29) is 5.92 Å². The zero-order chi connectivity index (χ0) is 20.8. The van der Waals surface area contributed by atoms with Crippen molar-refractivity contribution >= 4 is 0 Å². The molecule has 0 bridgehead atoms. The van der Waals surface area contributed by atoms with Gasteiger partial charge in [0, 0.05) is 5.92 Å². The SMILES string of the molecule is C=C/C=C(\C=C/C)C(/C(C=C)=C/C=C\C)C(/C=C\CC)=C/C.CC.CC. The van der Waals surface area contributed by atoms with Gasteiger partial charge in [-0.1, -0.05) is 115 Å². The number of allylic oxidation sites excluding steroid dienone is 14. The Morgan fingerprint density at radius 2 is 1.42 bits per heavy atom. The van der Waals surface area contributed by atoms with Gasteiger partial charge in [0.25, 0.3) is 0 Å². The zero-order valence-electron chi connectivity index (χ0n) is 18.5. The molecule has 0 N–H and O–H groups in total. The van der Waals surface area contributed by atoms with Crippen LogP contribution in [0, 0.1) is 5.92 Å². The molecule has 0 nitrogen and oxygen atoms in total. The van der Waals surface area contributed by atoms with Crippen molar-refractivity contribution in [1.29, 1.82) is 0 Å². The number of hydrogen-bond acceptors (Lipinski definition) is 0. The molecule has 0 saturated carbocycles. The lowest BCUT2D eigenvalue weighted by atomic mass is 9.82. The predicted molar refractivity (Wildman–Crippen MR) is 126 cm³/mol. The van der Waals surface area contributed by atoms with Crippen LogP contribution in [0.3, 0.4) is 0 Å². The maximum absolute atomic E-state index is 4.00. The predicted octanol–water partition coefficient (Wildman–Crippen LogP) is 8.94. The molecular formula is C26H42. The average Bonchev–Trinajstić information content (AvgIpc) is 2.70. The smallest absolute Gasteiger partial charge is 0.0336 e. The molecule has 0 aromatic carbocycles. The first kappa shape index (κ1) is 28.7. The van der Waals surface area contributed by atoms with Gasteiger partial charge in [0.05, 0.1) is 0 Å². The normalized spacial score (nSPS) is 13.9. The van der Waals surface area contributed by atoms with Crippen LogP contribution in [0.25, 0.3) is 0 Å². The Balaban J connectivity index is -0.00000123. The molecule has 0 radical (unpaired) electrons. The van der Waals surface area contributed by atoms with Gasteiger partial charge >= 0.3 is 0 Å². The van der Waals surface area contributed by atoms with Crippen molar-refractivity contribution in [2.45, 2.75) is 61.8 Å². The van der Waals surface area contributed by atoms with Gasteiger partial charge in [0.15, 0.2) is 0 Å². The molecule has 0 spiro atoms. The first-order chi connectivity index (χ1) is 12.7. The van der Waals surface area contributed by atoms with E-state index >= 15 is 0 Å². The van der Waals surface area contributed by atoms with Crippen LogP contribution in [0.4, 0.5) is 0 Å². The second-order valence-electron chi connectivity index (χ2n) is 4.83. The fraction of sp³-hybridized carbons (Fsp3) is 0.385. The van der Waals surface area contributed by atoms with Crippen LogP contribution in [-0.2, 0) is 0 Å². The van der Waals surface area contributed by atoms with Crippen molar-refractivity contribution in [3.63, 3.8) is 0 Å². The zero-order valence-corrected chi connectivity index (χ0v) is 18.5. The van der Waals surface area contributed by atoms with Crippen molar-refractivity contribution in [2.75, 3.05) is 0 Å². The molecule has 1 unspecified atom stereocenters. The van der Waals surface area contributed by atoms with Gasteiger partial charge in [0.1, 0.15) is 0 Å². The molecule has 0 heterocycles. The van der Waals surface area contributed by atoms with Gasteiger partial charge in [-0.05, 0) is 43.9 Å². The van der Waals surface area contributed by atoms with Crippen molar-refractivity contribution in [1.82, 2.24) is 0 Å². The van der Waals surface area contributed by atoms with Crippen molar-refractivity contribution in [3.05, 3.63) is 96.7 Å². The van der Waals surface area contributed by atoms with E-state index in [1.54, 1.807) is 0 Å². The molecule has 26 heavy (non-hydrogen) atoms. The molecule has 0 fully saturated rings. The van der Waals surface area contributed by atoms with Gasteiger partial charge in [-0.3, -0.25) is 0 Å². The maximum Gasteiger partial charge on any atom is 0.0336 e. The molecule has 1 atom stereocenters. The van der Waals surface area contributed by atoms with Crippen molar-refractivity contribution in [2.24, 2.45) is 5.92 Å². The molecule has 0 saturated heterocycles. The second kappa shape index (κ2) is 22.9. The molecule has 0 aliphatic carbocycles. The van der Waals surface area contributed by atoms with E-state index in [1.807, 2.05) is 59.8 Å². The Labute approximate surface area is 164 Å². The lowest BCUT2D eigenvalue weighted by molar-refractivity contribution is 0.900. The lowest BCUT2D eigenvalue weighted by Gasteiger charge is -2.21. The summed E-state index contributed by atoms with van der Waals surface area (Å²) in [5.41, 5.74) is 3.66. The molecule has 0 amide bonds. The van der Waals surface area contributed by atoms with Crippen LogP contribution in [0.15, 0.2) is 96.7 Å². The van der Waals surface area contributed by atoms with E-state index in [1.165, 1.54) is 16.7 Å². The Morgan fingerprint density at radius 3 is 1.81 bits per heavy atom. The third-order valence-electron chi connectivity index (χ3n) is 3.27. The van der Waals surface area contributed by atoms with E-state index in [0.29, 0.717) is 0 Å². The van der Waals surface area contributed by atoms with E-state index in [4.69, 9.17) is 0 Å². The van der Waals surface area contributed by atoms with Crippen LogP contribution >= 0.6 is 0 Å². The fourth-order valence-electron chi connectivity index (χ4n) is 2.26. The Bertz CT molecular complexity index is 516. The van der Waals surface area contributed by atoms with Gasteiger partial charge < -0.3 is 0 Å². The van der Waals surface area contributed by atoms with Gasteiger partial charge in [0.2, 0.25) is 0 Å². The summed E-state index contributed by atoms with van der Waals surface area (Å²) in [5.74, 6) is 0.163. The van der Waals surface area contributed by atoms with Gasteiger partial charge in [-0.15, -0.1) is 0 Å². The van der Waals surface area contributed by atoms with Gasteiger partial charge in [-0.25, -0.2) is 0 Å². The van der Waals surface area contributed by atoms with Crippen LogP contribution in [0.1, 0.15) is 61.8 Å². The Kier molecular flexibility index (Phi) is 25.3. The highest BCUT2D eigenvalue weighted by atomic mass is 14.2. The van der Waals surface area contributed by atoms with Crippen molar-refractivity contribution < 1.29 is 0 Å². The van der Waals surface area contributed by atoms with Crippen LogP contribution < -0.4 is 0 Å². The minimum atomic E-state index is 0.163. The summed E-state index contributed by atoms with van der Waals surface area (Å²) in [6.07, 6.45) is 23.9. The molecule has 146 valence electrons. The number of rotatable bonds is 9. The topological polar surface area (TPSA) is 0 Å². The summed E-state index contributed by atoms with van der Waals surface area (Å²) in [6.45, 7) is 24.1. The summed E-state index contributed by atoms with van der Waals surface area (Å²) >= 11 is 0. The summed E-state index contributed by atoms with van der Waals surface area (Å²) in [7, 11) is 0. The van der Waals surface area contributed by atoms with Crippen molar-refractivity contribution in [3.8, 4) is 0 Å². The van der Waals surface area contributed by atoms with Crippen LogP contribution in [0.5, 0.6) is 0 Å². The molecule has 0 heteroatoms. The fourth-order valence-corrected chi connectivity index (χ4v) is 2.26. The van der Waals surface area contributed by atoms with E-state index in [0.717, 1.165) is 6.42 Å². The largest absolute Gasteiger partial charge is 0.0991 e. The molecule has 0 aliphatic rings. The van der Waals surface area contributed by atoms with Crippen LogP contribution in [0.2, 0.25) is 0 Å². The highest BCUT2D eigenvalue weighted by Crippen LogP contribution is 2.31. The molecule has 0 rings (SSSR count). The first-order valence-electron chi connectivity index (χ1n) is 9.93. The number of hydrogen-bond donors (Lipinski definition) is 0. The standard InChI is InChI=1S/C22H30.2C2H6/c1-7-13-17-19(11-5)22(20(12-6)18-14-8-2)21(15-9-3)16-10-4;2*1-2/h7,9-18,22H,3,5,8H2,1-2,4,6H3;2*1-2H3/b13-7-,16-10-,18-14-,19-17+,20-12+,21-15+;;. The summed E-state index contributed by atoms with van der Waals surface area (Å²) in [6, 6.07) is 0. The molecule has 0 aromatic rings. The van der Waals surface area contributed by atoms with E-state index in [9.17, 15) is 0 Å². The Morgan fingerprint density at radius 1 is 0.808 bits per heavy atom. The second-order valence-corrected chi connectivity index (χ2v) is 4.83. The first-order valence-corrected chi connectivity index (χ1v) is 9.93. The Hall–Kier alpha value is -2.08. The minimum absolute atomic E-state index is 0.163. The summed E-state index contributed by atoms with van der Waals surface area (Å²) in [5, 5.41) is 0. The summed E-state index contributed by atoms with van der Waals surface area (Å²) < 4.78 is 0. The molecular weight excluding hydrogens is 312 g/mol.